The molecule has 0 aliphatic carbocycles. The lowest BCUT2D eigenvalue weighted by Gasteiger charge is -2.34. The molecule has 1 aromatic rings. The number of ether oxygens (including phenoxy) is 1. The van der Waals surface area contributed by atoms with Gasteiger partial charge in [-0.15, -0.1) is 0 Å². The van der Waals surface area contributed by atoms with E-state index in [4.69, 9.17) is 10.6 Å². The third-order valence-corrected chi connectivity index (χ3v) is 3.55. The third kappa shape index (κ3) is 3.68. The molecule has 0 bridgehead atoms. The van der Waals surface area contributed by atoms with Crippen LogP contribution in [0, 0.1) is 0 Å². The van der Waals surface area contributed by atoms with E-state index >= 15 is 0 Å². The molecule has 0 spiro atoms. The fourth-order valence-corrected chi connectivity index (χ4v) is 2.32. The fraction of sp³-hybridized carbons (Fsp3) is 0.643. The van der Waals surface area contributed by atoms with E-state index in [1.807, 2.05) is 20.8 Å². The predicted molar refractivity (Wildman–Crippen MR) is 79.9 cm³/mol. The van der Waals surface area contributed by atoms with E-state index in [-0.39, 0.29) is 23.1 Å². The van der Waals surface area contributed by atoms with Crippen LogP contribution in [0.2, 0.25) is 0 Å². The quantitative estimate of drug-likeness (QED) is 0.569. The van der Waals surface area contributed by atoms with Gasteiger partial charge in [0.2, 0.25) is 0 Å². The molecule has 0 saturated carbocycles. The zero-order valence-corrected chi connectivity index (χ0v) is 12.8. The first kappa shape index (κ1) is 15.7. The predicted octanol–water partition coefficient (Wildman–Crippen LogP) is 1.18. The number of nitrogens with two attached hydrogens (primary N) is 1. The largest absolute Gasteiger partial charge is 0.379 e. The first-order valence-corrected chi connectivity index (χ1v) is 7.19. The summed E-state index contributed by atoms with van der Waals surface area (Å²) in [5.74, 6) is 5.93. The summed E-state index contributed by atoms with van der Waals surface area (Å²) in [4.78, 5) is 21.1. The zero-order valence-electron chi connectivity index (χ0n) is 12.8. The van der Waals surface area contributed by atoms with Crippen LogP contribution in [0.1, 0.15) is 55.8 Å². The molecule has 1 fully saturated rings. The molecule has 1 atom stereocenters. The molecule has 0 aromatic carbocycles. The minimum Gasteiger partial charge on any atom is -0.379 e. The first-order valence-electron chi connectivity index (χ1n) is 7.19. The highest BCUT2D eigenvalue weighted by Crippen LogP contribution is 2.21. The summed E-state index contributed by atoms with van der Waals surface area (Å²) in [6, 6.07) is 0. The molecule has 2 heterocycles. The summed E-state index contributed by atoms with van der Waals surface area (Å²) in [5, 5.41) is 3.00. The van der Waals surface area contributed by atoms with E-state index in [2.05, 4.69) is 20.7 Å². The van der Waals surface area contributed by atoms with Crippen molar-refractivity contribution in [2.75, 3.05) is 18.6 Å². The van der Waals surface area contributed by atoms with Gasteiger partial charge in [-0.3, -0.25) is 10.6 Å². The Labute approximate surface area is 124 Å². The van der Waals surface area contributed by atoms with Gasteiger partial charge in [0, 0.05) is 12.5 Å². The number of nitrogens with zero attached hydrogens (tertiary/aromatic N) is 2. The van der Waals surface area contributed by atoms with Gasteiger partial charge in [-0.2, -0.15) is 0 Å². The molecular weight excluding hydrogens is 270 g/mol. The summed E-state index contributed by atoms with van der Waals surface area (Å²) in [6.07, 6.45) is 3.35. The van der Waals surface area contributed by atoms with Gasteiger partial charge >= 0.3 is 0 Å². The molecule has 1 amide bonds. The number of nitrogens with one attached hydrogen (secondary N) is 2. The van der Waals surface area contributed by atoms with Crippen molar-refractivity contribution in [3.05, 3.63) is 17.7 Å². The van der Waals surface area contributed by atoms with Gasteiger partial charge in [0.15, 0.2) is 5.69 Å². The van der Waals surface area contributed by atoms with Gasteiger partial charge in [-0.25, -0.2) is 9.97 Å². The standard InChI is InChI=1S/C14H23N5O2/c1-9(2)12-16-7-10(19-15)11(17-12)13(20)18-14(3)5-4-6-21-8-14/h7,9,19H,4-6,8,15H2,1-3H3,(H,18,20). The second-order valence-corrected chi connectivity index (χ2v) is 5.96. The van der Waals surface area contributed by atoms with Gasteiger partial charge < -0.3 is 15.5 Å². The molecule has 7 nitrogen and oxygen atoms in total. The second kappa shape index (κ2) is 6.36. The monoisotopic (exact) mass is 293 g/mol. The SMILES string of the molecule is CC(C)c1ncc(NN)c(C(=O)NC2(C)CCCOC2)n1. The Balaban J connectivity index is 2.22. The maximum absolute atomic E-state index is 12.5. The minimum atomic E-state index is -0.371. The molecule has 1 aromatic heterocycles. The Morgan fingerprint density at radius 3 is 2.86 bits per heavy atom. The van der Waals surface area contributed by atoms with Crippen molar-refractivity contribution in [1.82, 2.24) is 15.3 Å². The van der Waals surface area contributed by atoms with E-state index in [0.29, 0.717) is 18.1 Å². The van der Waals surface area contributed by atoms with Gasteiger partial charge in [-0.1, -0.05) is 13.8 Å². The second-order valence-electron chi connectivity index (χ2n) is 5.96. The van der Waals surface area contributed by atoms with Gasteiger partial charge in [0.25, 0.3) is 5.91 Å². The lowest BCUT2D eigenvalue weighted by molar-refractivity contribution is 0.0271. The fourth-order valence-electron chi connectivity index (χ4n) is 2.32. The molecule has 116 valence electrons. The summed E-state index contributed by atoms with van der Waals surface area (Å²) < 4.78 is 5.45. The van der Waals surface area contributed by atoms with Crippen LogP contribution in [0.5, 0.6) is 0 Å². The summed E-state index contributed by atoms with van der Waals surface area (Å²) >= 11 is 0. The average Bonchev–Trinajstić information content (AvgIpc) is 2.46. The van der Waals surface area contributed by atoms with Gasteiger partial charge in [0.05, 0.1) is 24.0 Å². The molecule has 1 aliphatic heterocycles. The molecule has 7 heteroatoms. The molecule has 1 unspecified atom stereocenters. The van der Waals surface area contributed by atoms with Gasteiger partial charge in [-0.05, 0) is 19.8 Å². The number of amides is 1. The van der Waals surface area contributed by atoms with Crippen molar-refractivity contribution in [2.24, 2.45) is 5.84 Å². The number of aromatic nitrogens is 2. The van der Waals surface area contributed by atoms with Crippen LogP contribution in [0.25, 0.3) is 0 Å². The lowest BCUT2D eigenvalue weighted by atomic mass is 9.94. The normalized spacial score (nSPS) is 22.1. The highest BCUT2D eigenvalue weighted by molar-refractivity contribution is 5.97. The van der Waals surface area contributed by atoms with Crippen molar-refractivity contribution in [1.29, 1.82) is 0 Å². The van der Waals surface area contributed by atoms with Crippen LogP contribution < -0.4 is 16.6 Å². The van der Waals surface area contributed by atoms with Crippen molar-refractivity contribution in [2.45, 2.75) is 45.1 Å². The van der Waals surface area contributed by atoms with Gasteiger partial charge in [0.1, 0.15) is 5.82 Å². The number of hydrogen-bond acceptors (Lipinski definition) is 6. The Bertz CT molecular complexity index is 512. The lowest BCUT2D eigenvalue weighted by Crippen LogP contribution is -2.51. The van der Waals surface area contributed by atoms with E-state index in [1.54, 1.807) is 0 Å². The Morgan fingerprint density at radius 1 is 1.52 bits per heavy atom. The number of rotatable bonds is 4. The topological polar surface area (TPSA) is 102 Å². The first-order chi connectivity index (χ1) is 9.95. The number of nitrogen functional groups attached to an aromatic ring is 1. The number of anilines is 1. The van der Waals surface area contributed by atoms with Crippen LogP contribution in [0.4, 0.5) is 5.69 Å². The number of hydrogen-bond donors (Lipinski definition) is 3. The molecule has 1 saturated heterocycles. The minimum absolute atomic E-state index is 0.136. The van der Waals surface area contributed by atoms with E-state index in [9.17, 15) is 4.79 Å². The van der Waals surface area contributed by atoms with Crippen LogP contribution in [-0.4, -0.2) is 34.6 Å². The van der Waals surface area contributed by atoms with Crippen LogP contribution >= 0.6 is 0 Å². The third-order valence-electron chi connectivity index (χ3n) is 3.55. The van der Waals surface area contributed by atoms with E-state index < -0.39 is 0 Å². The number of carbonyl (C=O) groups is 1. The Hall–Kier alpha value is -1.73. The van der Waals surface area contributed by atoms with Crippen molar-refractivity contribution >= 4 is 11.6 Å². The number of carbonyl (C=O) groups excluding carboxylic acids is 1. The molecule has 0 radical (unpaired) electrons. The molecule has 21 heavy (non-hydrogen) atoms. The van der Waals surface area contributed by atoms with Crippen LogP contribution in [0.3, 0.4) is 0 Å². The maximum atomic E-state index is 12.5. The molecular formula is C14H23N5O2. The average molecular weight is 293 g/mol. The highest BCUT2D eigenvalue weighted by atomic mass is 16.5. The molecule has 4 N–H and O–H groups in total. The van der Waals surface area contributed by atoms with Crippen LogP contribution in [-0.2, 0) is 4.74 Å². The highest BCUT2D eigenvalue weighted by Gasteiger charge is 2.31. The number of hydrazine groups is 1. The van der Waals surface area contributed by atoms with E-state index in [0.717, 1.165) is 19.4 Å². The molecule has 1 aliphatic rings. The van der Waals surface area contributed by atoms with Crippen LogP contribution in [0.15, 0.2) is 6.20 Å². The zero-order chi connectivity index (χ0) is 15.5. The summed E-state index contributed by atoms with van der Waals surface area (Å²) in [7, 11) is 0. The van der Waals surface area contributed by atoms with E-state index in [1.165, 1.54) is 6.20 Å². The summed E-state index contributed by atoms with van der Waals surface area (Å²) in [6.45, 7) is 7.17. The molecule has 2 rings (SSSR count). The summed E-state index contributed by atoms with van der Waals surface area (Å²) in [5.41, 5.74) is 2.79. The van der Waals surface area contributed by atoms with Crippen molar-refractivity contribution in [3.63, 3.8) is 0 Å². The van der Waals surface area contributed by atoms with Crippen molar-refractivity contribution in [3.8, 4) is 0 Å². The maximum Gasteiger partial charge on any atom is 0.272 e. The Kier molecular flexibility index (Phi) is 4.74. The van der Waals surface area contributed by atoms with Crippen molar-refractivity contribution < 1.29 is 9.53 Å². The smallest absolute Gasteiger partial charge is 0.272 e. The Morgan fingerprint density at radius 2 is 2.29 bits per heavy atom.